The van der Waals surface area contributed by atoms with Crippen molar-refractivity contribution in [3.8, 4) is 0 Å². The first-order valence-corrected chi connectivity index (χ1v) is 8.55. The van der Waals surface area contributed by atoms with Gasteiger partial charge in [-0.3, -0.25) is 10.1 Å². The van der Waals surface area contributed by atoms with Crippen LogP contribution in [0.1, 0.15) is 11.1 Å². The molecule has 3 rings (SSSR count). The van der Waals surface area contributed by atoms with Gasteiger partial charge in [0.05, 0.1) is 11.1 Å². The summed E-state index contributed by atoms with van der Waals surface area (Å²) in [5, 5.41) is 23.8. The summed E-state index contributed by atoms with van der Waals surface area (Å²) in [7, 11) is 0. The van der Waals surface area contributed by atoms with E-state index in [9.17, 15) is 10.1 Å². The molecule has 0 bridgehead atoms. The van der Waals surface area contributed by atoms with Gasteiger partial charge in [-0.25, -0.2) is 0 Å². The summed E-state index contributed by atoms with van der Waals surface area (Å²) in [5.41, 5.74) is 1.57. The minimum absolute atomic E-state index is 0.0885. The third-order valence-corrected chi connectivity index (χ3v) is 4.53. The lowest BCUT2D eigenvalue weighted by Crippen LogP contribution is -1.94. The van der Waals surface area contributed by atoms with Crippen molar-refractivity contribution >= 4 is 35.3 Å². The van der Waals surface area contributed by atoms with Crippen molar-refractivity contribution < 1.29 is 4.92 Å². The van der Waals surface area contributed by atoms with Gasteiger partial charge in [0.1, 0.15) is 11.3 Å². The van der Waals surface area contributed by atoms with Crippen molar-refractivity contribution in [3.05, 3.63) is 81.1 Å². The summed E-state index contributed by atoms with van der Waals surface area (Å²) in [6, 6.07) is 14.5. The van der Waals surface area contributed by atoms with Crippen LogP contribution >= 0.6 is 23.4 Å². The Labute approximate surface area is 152 Å². The molecule has 0 amide bonds. The predicted molar refractivity (Wildman–Crippen MR) is 97.1 cm³/mol. The van der Waals surface area contributed by atoms with Crippen LogP contribution in [0.3, 0.4) is 0 Å². The number of rotatable bonds is 6. The number of benzene rings is 2. The molecule has 7 nitrogen and oxygen atoms in total. The molecule has 1 heterocycles. The second-order valence-electron chi connectivity index (χ2n) is 4.94. The normalized spacial score (nSPS) is 11.1. The van der Waals surface area contributed by atoms with E-state index in [-0.39, 0.29) is 10.7 Å². The fourth-order valence-electron chi connectivity index (χ4n) is 1.99. The molecule has 0 N–H and O–H groups in total. The number of halogens is 1. The summed E-state index contributed by atoms with van der Waals surface area (Å²) in [6.45, 7) is 0. The smallest absolute Gasteiger partial charge is 0.258 e. The van der Waals surface area contributed by atoms with Crippen LogP contribution in [0, 0.1) is 10.1 Å². The minimum atomic E-state index is -0.528. The molecule has 25 heavy (non-hydrogen) atoms. The van der Waals surface area contributed by atoms with Crippen LogP contribution in [0.4, 0.5) is 5.69 Å². The Kier molecular flexibility index (Phi) is 5.42. The fourth-order valence-corrected chi connectivity index (χ4v) is 3.00. The molecule has 0 saturated carbocycles. The zero-order valence-electron chi connectivity index (χ0n) is 12.8. The maximum absolute atomic E-state index is 10.9. The lowest BCUT2D eigenvalue weighted by atomic mass is 10.2. The average Bonchev–Trinajstić information content (AvgIpc) is 3.07. The third kappa shape index (κ3) is 4.43. The maximum atomic E-state index is 10.9. The van der Waals surface area contributed by atoms with Crippen molar-refractivity contribution in [1.29, 1.82) is 0 Å². The van der Waals surface area contributed by atoms with E-state index in [2.05, 4.69) is 15.3 Å². The number of hydrogen-bond donors (Lipinski definition) is 0. The molecule has 9 heteroatoms. The largest absolute Gasteiger partial charge is 0.288 e. The highest BCUT2D eigenvalue weighted by molar-refractivity contribution is 7.98. The standard InChI is InChI=1S/C16H12ClN5O2S/c17-14-7-6-13(8-15(14)22(23)24)9-19-21-11-18-20-16(21)25-10-12-4-2-1-3-5-12/h1-9,11H,10H2/b19-9-. The molecule has 0 aliphatic heterocycles. The van der Waals surface area contributed by atoms with E-state index < -0.39 is 4.92 Å². The number of aromatic nitrogens is 3. The van der Waals surface area contributed by atoms with Crippen LogP contribution in [0.15, 0.2) is 65.1 Å². The molecule has 0 unspecified atom stereocenters. The average molecular weight is 374 g/mol. The Morgan fingerprint density at radius 2 is 2.08 bits per heavy atom. The second kappa shape index (κ2) is 7.91. The van der Waals surface area contributed by atoms with Crippen LogP contribution in [-0.2, 0) is 5.75 Å². The van der Waals surface area contributed by atoms with Gasteiger partial charge >= 0.3 is 0 Å². The molecule has 0 atom stereocenters. The van der Waals surface area contributed by atoms with Crippen molar-refractivity contribution in [3.63, 3.8) is 0 Å². The minimum Gasteiger partial charge on any atom is -0.258 e. The van der Waals surface area contributed by atoms with Crippen LogP contribution in [0.5, 0.6) is 0 Å². The Morgan fingerprint density at radius 3 is 2.84 bits per heavy atom. The van der Waals surface area contributed by atoms with Gasteiger partial charge in [-0.2, -0.15) is 9.78 Å². The summed E-state index contributed by atoms with van der Waals surface area (Å²) in [4.78, 5) is 10.4. The van der Waals surface area contributed by atoms with E-state index in [1.807, 2.05) is 30.3 Å². The molecule has 0 spiro atoms. The second-order valence-corrected chi connectivity index (χ2v) is 6.29. The molecule has 3 aromatic rings. The summed E-state index contributed by atoms with van der Waals surface area (Å²) < 4.78 is 1.52. The highest BCUT2D eigenvalue weighted by Gasteiger charge is 2.12. The fraction of sp³-hybridized carbons (Fsp3) is 0.0625. The van der Waals surface area contributed by atoms with Crippen LogP contribution < -0.4 is 0 Å². The zero-order chi connectivity index (χ0) is 17.6. The number of nitro benzene ring substituents is 1. The van der Waals surface area contributed by atoms with E-state index in [0.29, 0.717) is 10.7 Å². The summed E-state index contributed by atoms with van der Waals surface area (Å²) >= 11 is 7.30. The predicted octanol–water partition coefficient (Wildman–Crippen LogP) is 4.01. The van der Waals surface area contributed by atoms with Gasteiger partial charge in [-0.1, -0.05) is 59.8 Å². The molecular formula is C16H12ClN5O2S. The van der Waals surface area contributed by atoms with Crippen LogP contribution in [-0.4, -0.2) is 26.0 Å². The van der Waals surface area contributed by atoms with E-state index in [1.165, 1.54) is 46.7 Å². The van der Waals surface area contributed by atoms with E-state index in [4.69, 9.17) is 11.6 Å². The molecular weight excluding hydrogens is 362 g/mol. The zero-order valence-corrected chi connectivity index (χ0v) is 14.4. The Balaban J connectivity index is 1.73. The van der Waals surface area contributed by atoms with E-state index >= 15 is 0 Å². The van der Waals surface area contributed by atoms with Crippen molar-refractivity contribution in [1.82, 2.24) is 14.9 Å². The number of nitro groups is 1. The lowest BCUT2D eigenvalue weighted by Gasteiger charge is -2.01. The highest BCUT2D eigenvalue weighted by atomic mass is 35.5. The van der Waals surface area contributed by atoms with Crippen molar-refractivity contribution in [2.45, 2.75) is 10.9 Å². The molecule has 0 fully saturated rings. The maximum Gasteiger partial charge on any atom is 0.288 e. The molecule has 0 aliphatic rings. The van der Waals surface area contributed by atoms with Gasteiger partial charge in [0.2, 0.25) is 5.16 Å². The molecule has 0 aliphatic carbocycles. The molecule has 0 saturated heterocycles. The molecule has 1 aromatic heterocycles. The van der Waals surface area contributed by atoms with Gasteiger partial charge in [0.25, 0.3) is 5.69 Å². The Bertz CT molecular complexity index is 914. The van der Waals surface area contributed by atoms with Crippen molar-refractivity contribution in [2.75, 3.05) is 0 Å². The monoisotopic (exact) mass is 373 g/mol. The number of hydrogen-bond acceptors (Lipinski definition) is 6. The Morgan fingerprint density at radius 1 is 1.28 bits per heavy atom. The van der Waals surface area contributed by atoms with E-state index in [0.717, 1.165) is 5.75 Å². The number of nitrogens with zero attached hydrogens (tertiary/aromatic N) is 5. The number of thioether (sulfide) groups is 1. The van der Waals surface area contributed by atoms with E-state index in [1.54, 1.807) is 6.07 Å². The van der Waals surface area contributed by atoms with Gasteiger partial charge in [0, 0.05) is 17.4 Å². The van der Waals surface area contributed by atoms with Crippen LogP contribution in [0.2, 0.25) is 5.02 Å². The SMILES string of the molecule is O=[N+]([O-])c1cc(/C=N\n2cnnc2SCc2ccccc2)ccc1Cl. The first kappa shape index (κ1) is 17.1. The molecule has 126 valence electrons. The summed E-state index contributed by atoms with van der Waals surface area (Å²) in [5.74, 6) is 0.738. The van der Waals surface area contributed by atoms with Gasteiger partial charge in [0.15, 0.2) is 0 Å². The van der Waals surface area contributed by atoms with Gasteiger partial charge in [-0.05, 0) is 11.6 Å². The third-order valence-electron chi connectivity index (χ3n) is 3.21. The lowest BCUT2D eigenvalue weighted by molar-refractivity contribution is -0.384. The van der Waals surface area contributed by atoms with Gasteiger partial charge in [-0.15, -0.1) is 10.2 Å². The van der Waals surface area contributed by atoms with Crippen molar-refractivity contribution in [2.24, 2.45) is 5.10 Å². The topological polar surface area (TPSA) is 86.2 Å². The summed E-state index contributed by atoms with van der Waals surface area (Å²) in [6.07, 6.45) is 2.98. The molecule has 2 aromatic carbocycles. The first-order chi connectivity index (χ1) is 12.1. The van der Waals surface area contributed by atoms with Gasteiger partial charge < -0.3 is 0 Å². The Hall–Kier alpha value is -2.71. The highest BCUT2D eigenvalue weighted by Crippen LogP contribution is 2.24. The first-order valence-electron chi connectivity index (χ1n) is 7.18. The quantitative estimate of drug-likeness (QED) is 0.282. The molecule has 0 radical (unpaired) electrons. The van der Waals surface area contributed by atoms with Crippen LogP contribution in [0.25, 0.3) is 0 Å².